The van der Waals surface area contributed by atoms with Gasteiger partial charge in [-0.05, 0) is 19.4 Å². The normalized spacial score (nSPS) is 13.6. The molecule has 6 heteroatoms. The molecule has 0 saturated heterocycles. The molecule has 0 heterocycles. The van der Waals surface area contributed by atoms with Crippen molar-refractivity contribution in [3.63, 3.8) is 0 Å². The number of carbonyl (C=O) groups excluding carboxylic acids is 1. The molecule has 0 spiro atoms. The van der Waals surface area contributed by atoms with Crippen LogP contribution in [0, 0.1) is 17.0 Å². The Morgan fingerprint density at radius 3 is 2.55 bits per heavy atom. The molecule has 1 aromatic carbocycles. The van der Waals surface area contributed by atoms with Crippen molar-refractivity contribution < 1.29 is 23.5 Å². The summed E-state index contributed by atoms with van der Waals surface area (Å²) in [6.07, 6.45) is 0.0138. The SMILES string of the molecule is CCC(C)(CNC(=O)Cc1cccc(F)c1F)C(=O)O. The van der Waals surface area contributed by atoms with Crippen molar-refractivity contribution in [2.45, 2.75) is 26.7 Å². The van der Waals surface area contributed by atoms with E-state index in [1.807, 2.05) is 0 Å². The predicted octanol–water partition coefficient (Wildman–Crippen LogP) is 2.12. The number of rotatable bonds is 6. The first-order chi connectivity index (χ1) is 9.30. The molecule has 110 valence electrons. The summed E-state index contributed by atoms with van der Waals surface area (Å²) in [5.74, 6) is -3.63. The monoisotopic (exact) mass is 285 g/mol. The first-order valence-corrected chi connectivity index (χ1v) is 6.23. The second-order valence-corrected chi connectivity index (χ2v) is 4.89. The van der Waals surface area contributed by atoms with Gasteiger partial charge in [-0.15, -0.1) is 0 Å². The summed E-state index contributed by atoms with van der Waals surface area (Å²) in [4.78, 5) is 22.7. The molecule has 0 bridgehead atoms. The third kappa shape index (κ3) is 3.76. The van der Waals surface area contributed by atoms with E-state index in [1.165, 1.54) is 19.1 Å². The largest absolute Gasteiger partial charge is 0.481 e. The molecule has 0 saturated carbocycles. The number of nitrogens with one attached hydrogen (secondary N) is 1. The number of amides is 1. The predicted molar refractivity (Wildman–Crippen MR) is 69.1 cm³/mol. The highest BCUT2D eigenvalue weighted by Crippen LogP contribution is 2.20. The standard InChI is InChI=1S/C14H17F2NO3/c1-3-14(2,13(19)20)8-17-11(18)7-9-5-4-6-10(15)12(9)16/h4-6H,3,7-8H2,1-2H3,(H,17,18)(H,19,20). The third-order valence-corrected chi connectivity index (χ3v) is 3.35. The lowest BCUT2D eigenvalue weighted by molar-refractivity contribution is -0.148. The zero-order valence-electron chi connectivity index (χ0n) is 11.4. The van der Waals surface area contributed by atoms with Crippen molar-refractivity contribution in [3.05, 3.63) is 35.4 Å². The fourth-order valence-corrected chi connectivity index (χ4v) is 1.57. The van der Waals surface area contributed by atoms with E-state index in [-0.39, 0.29) is 18.5 Å². The smallest absolute Gasteiger partial charge is 0.311 e. The van der Waals surface area contributed by atoms with Crippen molar-refractivity contribution in [2.75, 3.05) is 6.54 Å². The zero-order chi connectivity index (χ0) is 15.3. The Hall–Kier alpha value is -1.98. The van der Waals surface area contributed by atoms with Crippen LogP contribution in [0.4, 0.5) is 8.78 Å². The van der Waals surface area contributed by atoms with E-state index in [0.717, 1.165) is 6.07 Å². The second-order valence-electron chi connectivity index (χ2n) is 4.89. The molecule has 1 atom stereocenters. The number of carboxylic acids is 1. The minimum Gasteiger partial charge on any atom is -0.481 e. The second kappa shape index (κ2) is 6.45. The van der Waals surface area contributed by atoms with Gasteiger partial charge in [0.15, 0.2) is 11.6 Å². The van der Waals surface area contributed by atoms with Crippen LogP contribution in [0.3, 0.4) is 0 Å². The summed E-state index contributed by atoms with van der Waals surface area (Å²) >= 11 is 0. The van der Waals surface area contributed by atoms with Crippen LogP contribution in [-0.2, 0) is 16.0 Å². The van der Waals surface area contributed by atoms with E-state index in [4.69, 9.17) is 5.11 Å². The van der Waals surface area contributed by atoms with Gasteiger partial charge >= 0.3 is 5.97 Å². The lowest BCUT2D eigenvalue weighted by Crippen LogP contribution is -2.41. The van der Waals surface area contributed by atoms with E-state index in [0.29, 0.717) is 6.42 Å². The Kier molecular flexibility index (Phi) is 5.19. The van der Waals surface area contributed by atoms with Crippen LogP contribution in [-0.4, -0.2) is 23.5 Å². The number of aliphatic carboxylic acids is 1. The molecule has 0 fully saturated rings. The average Bonchev–Trinajstić information content (AvgIpc) is 2.41. The Morgan fingerprint density at radius 2 is 2.00 bits per heavy atom. The quantitative estimate of drug-likeness (QED) is 0.841. The zero-order valence-corrected chi connectivity index (χ0v) is 11.4. The fourth-order valence-electron chi connectivity index (χ4n) is 1.57. The van der Waals surface area contributed by atoms with Crippen LogP contribution in [0.1, 0.15) is 25.8 Å². The van der Waals surface area contributed by atoms with Gasteiger partial charge in [-0.1, -0.05) is 19.1 Å². The maximum absolute atomic E-state index is 13.4. The van der Waals surface area contributed by atoms with Crippen LogP contribution in [0.2, 0.25) is 0 Å². The Bertz CT molecular complexity index is 519. The number of carboxylic acid groups (broad SMARTS) is 1. The number of carbonyl (C=O) groups is 2. The van der Waals surface area contributed by atoms with E-state index < -0.39 is 28.9 Å². The van der Waals surface area contributed by atoms with Crippen LogP contribution in [0.25, 0.3) is 0 Å². The molecule has 4 nitrogen and oxygen atoms in total. The first kappa shape index (κ1) is 16.1. The van der Waals surface area contributed by atoms with Gasteiger partial charge in [-0.3, -0.25) is 9.59 Å². The summed E-state index contributed by atoms with van der Waals surface area (Å²) in [5.41, 5.74) is -1.13. The van der Waals surface area contributed by atoms with Gasteiger partial charge in [0.1, 0.15) is 0 Å². The lowest BCUT2D eigenvalue weighted by atomic mass is 9.87. The molecule has 2 N–H and O–H groups in total. The molecular formula is C14H17F2NO3. The lowest BCUT2D eigenvalue weighted by Gasteiger charge is -2.23. The van der Waals surface area contributed by atoms with Gasteiger partial charge < -0.3 is 10.4 Å². The van der Waals surface area contributed by atoms with Crippen LogP contribution < -0.4 is 5.32 Å². The van der Waals surface area contributed by atoms with Crippen molar-refractivity contribution in [3.8, 4) is 0 Å². The van der Waals surface area contributed by atoms with E-state index >= 15 is 0 Å². The third-order valence-electron chi connectivity index (χ3n) is 3.35. The number of benzene rings is 1. The highest BCUT2D eigenvalue weighted by atomic mass is 19.2. The molecule has 1 aromatic rings. The highest BCUT2D eigenvalue weighted by molar-refractivity contribution is 5.80. The highest BCUT2D eigenvalue weighted by Gasteiger charge is 2.31. The number of hydrogen-bond donors (Lipinski definition) is 2. The molecule has 20 heavy (non-hydrogen) atoms. The minimum atomic E-state index is -1.07. The van der Waals surface area contributed by atoms with Crippen molar-refractivity contribution in [1.82, 2.24) is 5.32 Å². The minimum absolute atomic E-state index is 0.0592. The van der Waals surface area contributed by atoms with Crippen molar-refractivity contribution >= 4 is 11.9 Å². The van der Waals surface area contributed by atoms with Gasteiger partial charge in [-0.2, -0.15) is 0 Å². The van der Waals surface area contributed by atoms with Crippen LogP contribution >= 0.6 is 0 Å². The van der Waals surface area contributed by atoms with E-state index in [1.54, 1.807) is 6.92 Å². The Morgan fingerprint density at radius 1 is 1.35 bits per heavy atom. The summed E-state index contributed by atoms with van der Waals surface area (Å²) in [7, 11) is 0. The number of halogens is 2. The Balaban J connectivity index is 2.65. The maximum atomic E-state index is 13.4. The van der Waals surface area contributed by atoms with Gasteiger partial charge in [0.25, 0.3) is 0 Å². The summed E-state index contributed by atoms with van der Waals surface area (Å²) < 4.78 is 26.4. The van der Waals surface area contributed by atoms with Gasteiger partial charge in [0, 0.05) is 12.1 Å². The van der Waals surface area contributed by atoms with Crippen molar-refractivity contribution in [2.24, 2.45) is 5.41 Å². The van der Waals surface area contributed by atoms with Crippen molar-refractivity contribution in [1.29, 1.82) is 0 Å². The van der Waals surface area contributed by atoms with Gasteiger partial charge in [0.2, 0.25) is 5.91 Å². The molecule has 1 amide bonds. The molecule has 0 aliphatic heterocycles. The Labute approximate surface area is 115 Å². The number of hydrogen-bond acceptors (Lipinski definition) is 2. The topological polar surface area (TPSA) is 66.4 Å². The molecule has 0 radical (unpaired) electrons. The molecule has 1 rings (SSSR count). The molecular weight excluding hydrogens is 268 g/mol. The van der Waals surface area contributed by atoms with Crippen LogP contribution in [0.15, 0.2) is 18.2 Å². The van der Waals surface area contributed by atoms with E-state index in [2.05, 4.69) is 5.32 Å². The summed E-state index contributed by atoms with van der Waals surface area (Å²) in [6, 6.07) is 3.60. The average molecular weight is 285 g/mol. The summed E-state index contributed by atoms with van der Waals surface area (Å²) in [5, 5.41) is 11.5. The molecule has 0 aliphatic rings. The van der Waals surface area contributed by atoms with Crippen LogP contribution in [0.5, 0.6) is 0 Å². The van der Waals surface area contributed by atoms with Gasteiger partial charge in [-0.25, -0.2) is 8.78 Å². The fraction of sp³-hybridized carbons (Fsp3) is 0.429. The molecule has 0 aliphatic carbocycles. The summed E-state index contributed by atoms with van der Waals surface area (Å²) in [6.45, 7) is 3.15. The van der Waals surface area contributed by atoms with Gasteiger partial charge in [0.05, 0.1) is 11.8 Å². The molecule has 0 aromatic heterocycles. The molecule has 1 unspecified atom stereocenters. The first-order valence-electron chi connectivity index (χ1n) is 6.23. The van der Waals surface area contributed by atoms with E-state index in [9.17, 15) is 18.4 Å². The maximum Gasteiger partial charge on any atom is 0.311 e.